The summed E-state index contributed by atoms with van der Waals surface area (Å²) in [6.45, 7) is 3.46. The van der Waals surface area contributed by atoms with Crippen LogP contribution in [-0.4, -0.2) is 74.7 Å². The fourth-order valence-corrected chi connectivity index (χ4v) is 3.73. The number of hydrogen-bond acceptors (Lipinski definition) is 6. The van der Waals surface area contributed by atoms with Crippen LogP contribution in [0.2, 0.25) is 0 Å². The molecule has 0 radical (unpaired) electrons. The molecular formula is C20H22FN5O3S. The summed E-state index contributed by atoms with van der Waals surface area (Å²) in [7, 11) is 0. The highest BCUT2D eigenvalue weighted by molar-refractivity contribution is 8.01. The zero-order valence-corrected chi connectivity index (χ0v) is 17.3. The Balaban J connectivity index is 1.42. The van der Waals surface area contributed by atoms with Gasteiger partial charge in [0.25, 0.3) is 5.91 Å². The van der Waals surface area contributed by atoms with E-state index >= 15 is 0 Å². The Labute approximate surface area is 177 Å². The number of benzene rings is 1. The van der Waals surface area contributed by atoms with Crippen LogP contribution in [0.4, 0.5) is 10.1 Å². The quantitative estimate of drug-likeness (QED) is 0.748. The third kappa shape index (κ3) is 5.76. The summed E-state index contributed by atoms with van der Waals surface area (Å²) in [5, 5.41) is 2.27. The van der Waals surface area contributed by atoms with Gasteiger partial charge >= 0.3 is 0 Å². The molecule has 1 aliphatic heterocycles. The van der Waals surface area contributed by atoms with E-state index in [9.17, 15) is 18.8 Å². The molecule has 1 N–H and O–H groups in total. The number of thioether (sulfide) groups is 1. The fraction of sp³-hybridized carbons (Fsp3) is 0.350. The molecule has 158 valence electrons. The second-order valence-electron chi connectivity index (χ2n) is 6.72. The molecule has 0 saturated carbocycles. The van der Waals surface area contributed by atoms with E-state index in [0.29, 0.717) is 31.9 Å². The summed E-state index contributed by atoms with van der Waals surface area (Å²) < 4.78 is 12.9. The maximum atomic E-state index is 12.9. The highest BCUT2D eigenvalue weighted by Gasteiger charge is 2.28. The van der Waals surface area contributed by atoms with Crippen LogP contribution in [0.3, 0.4) is 0 Å². The molecule has 8 nitrogen and oxygen atoms in total. The van der Waals surface area contributed by atoms with Crippen molar-refractivity contribution < 1.29 is 18.8 Å². The van der Waals surface area contributed by atoms with E-state index in [-0.39, 0.29) is 35.0 Å². The third-order valence-corrected chi connectivity index (χ3v) is 5.73. The maximum Gasteiger partial charge on any atom is 0.274 e. The van der Waals surface area contributed by atoms with Gasteiger partial charge in [-0.05, 0) is 31.2 Å². The van der Waals surface area contributed by atoms with Crippen LogP contribution in [0.25, 0.3) is 0 Å². The van der Waals surface area contributed by atoms with Crippen molar-refractivity contribution >= 4 is 35.2 Å². The van der Waals surface area contributed by atoms with Crippen LogP contribution in [0.1, 0.15) is 17.4 Å². The van der Waals surface area contributed by atoms with Crippen LogP contribution in [0, 0.1) is 5.82 Å². The van der Waals surface area contributed by atoms with Crippen molar-refractivity contribution in [3.8, 4) is 0 Å². The van der Waals surface area contributed by atoms with Gasteiger partial charge in [-0.15, -0.1) is 11.8 Å². The Morgan fingerprint density at radius 1 is 1.10 bits per heavy atom. The van der Waals surface area contributed by atoms with Gasteiger partial charge < -0.3 is 15.1 Å². The number of carbonyl (C=O) groups is 3. The molecule has 1 fully saturated rings. The van der Waals surface area contributed by atoms with Crippen molar-refractivity contribution in [3.63, 3.8) is 0 Å². The van der Waals surface area contributed by atoms with E-state index in [0.717, 1.165) is 0 Å². The zero-order chi connectivity index (χ0) is 21.5. The first kappa shape index (κ1) is 21.7. The molecule has 1 aromatic heterocycles. The minimum atomic E-state index is -0.397. The number of amides is 3. The van der Waals surface area contributed by atoms with E-state index in [4.69, 9.17) is 0 Å². The topological polar surface area (TPSA) is 95.5 Å². The Morgan fingerprint density at radius 2 is 1.77 bits per heavy atom. The molecule has 0 spiro atoms. The first-order valence-corrected chi connectivity index (χ1v) is 10.5. The van der Waals surface area contributed by atoms with Crippen LogP contribution in [-0.2, 0) is 9.59 Å². The summed E-state index contributed by atoms with van der Waals surface area (Å²) in [5.74, 6) is -0.794. The minimum Gasteiger partial charge on any atom is -0.338 e. The van der Waals surface area contributed by atoms with E-state index in [2.05, 4.69) is 15.3 Å². The van der Waals surface area contributed by atoms with Gasteiger partial charge in [0.2, 0.25) is 11.8 Å². The van der Waals surface area contributed by atoms with Gasteiger partial charge in [-0.3, -0.25) is 19.4 Å². The highest BCUT2D eigenvalue weighted by Crippen LogP contribution is 2.17. The number of hydrogen-bond donors (Lipinski definition) is 1. The highest BCUT2D eigenvalue weighted by atomic mass is 32.2. The lowest BCUT2D eigenvalue weighted by atomic mass is 10.2. The monoisotopic (exact) mass is 431 g/mol. The first-order valence-electron chi connectivity index (χ1n) is 9.45. The number of carbonyl (C=O) groups excluding carboxylic acids is 3. The third-order valence-electron chi connectivity index (χ3n) is 4.60. The van der Waals surface area contributed by atoms with Gasteiger partial charge in [0, 0.05) is 44.3 Å². The van der Waals surface area contributed by atoms with Crippen molar-refractivity contribution in [2.24, 2.45) is 0 Å². The van der Waals surface area contributed by atoms with Gasteiger partial charge in [-0.1, -0.05) is 0 Å². The minimum absolute atomic E-state index is 0.0683. The maximum absolute atomic E-state index is 12.9. The molecule has 1 aliphatic rings. The Morgan fingerprint density at radius 3 is 2.40 bits per heavy atom. The summed E-state index contributed by atoms with van der Waals surface area (Å²) in [6.07, 6.45) is 4.40. The van der Waals surface area contributed by atoms with Crippen molar-refractivity contribution in [1.29, 1.82) is 0 Å². The van der Waals surface area contributed by atoms with Crippen LogP contribution in [0.15, 0.2) is 42.9 Å². The molecule has 1 saturated heterocycles. The number of aromatic nitrogens is 2. The summed E-state index contributed by atoms with van der Waals surface area (Å²) in [4.78, 5) is 48.4. The van der Waals surface area contributed by atoms with Gasteiger partial charge in [-0.25, -0.2) is 9.37 Å². The summed E-state index contributed by atoms with van der Waals surface area (Å²) in [6, 6.07) is 5.50. The normalized spacial score (nSPS) is 14.9. The molecule has 1 aromatic carbocycles. The first-order chi connectivity index (χ1) is 14.4. The predicted octanol–water partition coefficient (Wildman–Crippen LogP) is 1.66. The fourth-order valence-electron chi connectivity index (χ4n) is 2.96. The number of piperazine rings is 1. The number of halogens is 1. The average molecular weight is 431 g/mol. The van der Waals surface area contributed by atoms with Crippen molar-refractivity contribution in [2.75, 3.05) is 37.2 Å². The summed E-state index contributed by atoms with van der Waals surface area (Å²) in [5.41, 5.74) is 0.790. The van der Waals surface area contributed by atoms with E-state index in [1.165, 1.54) is 54.6 Å². The van der Waals surface area contributed by atoms with Gasteiger partial charge in [0.1, 0.15) is 11.5 Å². The Bertz CT molecular complexity index is 889. The zero-order valence-electron chi connectivity index (χ0n) is 16.5. The van der Waals surface area contributed by atoms with Gasteiger partial charge in [0.05, 0.1) is 17.2 Å². The molecular weight excluding hydrogens is 409 g/mol. The number of anilines is 1. The van der Waals surface area contributed by atoms with Crippen LogP contribution in [0.5, 0.6) is 0 Å². The molecule has 2 heterocycles. The second-order valence-corrected chi connectivity index (χ2v) is 8.05. The lowest BCUT2D eigenvalue weighted by molar-refractivity contribution is -0.131. The predicted molar refractivity (Wildman–Crippen MR) is 111 cm³/mol. The molecule has 3 amide bonds. The standard InChI is InChI=1S/C20H22FN5O3S/c1-14(30-13-18(27)24-16-4-2-15(21)3-5-16)19(28)25-8-10-26(11-9-25)20(29)17-12-22-6-7-23-17/h2-7,12,14H,8-11,13H2,1H3,(H,24,27). The van der Waals surface area contributed by atoms with Crippen molar-refractivity contribution in [2.45, 2.75) is 12.2 Å². The van der Waals surface area contributed by atoms with Gasteiger partial charge in [0.15, 0.2) is 0 Å². The largest absolute Gasteiger partial charge is 0.338 e. The Hall–Kier alpha value is -3.01. The van der Waals surface area contributed by atoms with Crippen molar-refractivity contribution in [3.05, 3.63) is 54.4 Å². The smallest absolute Gasteiger partial charge is 0.274 e. The molecule has 1 atom stereocenters. The molecule has 1 unspecified atom stereocenters. The number of nitrogens with zero attached hydrogens (tertiary/aromatic N) is 4. The van der Waals surface area contributed by atoms with E-state index in [1.54, 1.807) is 16.7 Å². The molecule has 10 heteroatoms. The van der Waals surface area contributed by atoms with E-state index in [1.807, 2.05) is 0 Å². The molecule has 30 heavy (non-hydrogen) atoms. The van der Waals surface area contributed by atoms with Crippen LogP contribution < -0.4 is 5.32 Å². The second kappa shape index (κ2) is 10.1. The lowest BCUT2D eigenvalue weighted by Crippen LogP contribution is -2.52. The van der Waals surface area contributed by atoms with Gasteiger partial charge in [-0.2, -0.15) is 0 Å². The molecule has 2 aromatic rings. The average Bonchev–Trinajstić information content (AvgIpc) is 2.78. The summed E-state index contributed by atoms with van der Waals surface area (Å²) >= 11 is 1.24. The Kier molecular flexibility index (Phi) is 7.34. The van der Waals surface area contributed by atoms with Crippen molar-refractivity contribution in [1.82, 2.24) is 19.8 Å². The lowest BCUT2D eigenvalue weighted by Gasteiger charge is -2.35. The number of rotatable bonds is 6. The van der Waals surface area contributed by atoms with E-state index < -0.39 is 5.25 Å². The molecule has 0 aliphatic carbocycles. The number of nitrogens with one attached hydrogen (secondary N) is 1. The molecule has 3 rings (SSSR count). The SMILES string of the molecule is CC(SCC(=O)Nc1ccc(F)cc1)C(=O)N1CCN(C(=O)c2cnccn2)CC1. The van der Waals surface area contributed by atoms with Crippen LogP contribution >= 0.6 is 11.8 Å². The molecule has 0 bridgehead atoms.